The molecule has 6 rings (SSSR count). The van der Waals surface area contributed by atoms with Crippen LogP contribution in [0.1, 0.15) is 59.9 Å². The van der Waals surface area contributed by atoms with Crippen molar-refractivity contribution in [1.29, 1.82) is 5.26 Å². The van der Waals surface area contributed by atoms with Crippen LogP contribution >= 0.6 is 11.6 Å². The summed E-state index contributed by atoms with van der Waals surface area (Å²) in [6, 6.07) is 21.1. The maximum Gasteiger partial charge on any atom is 0.320 e. The van der Waals surface area contributed by atoms with E-state index in [1.54, 1.807) is 24.4 Å². The van der Waals surface area contributed by atoms with Gasteiger partial charge in [0.15, 0.2) is 0 Å². The average molecular weight is 725 g/mol. The standard InChI is InChI=1S/C41H45ClN4O6/c1-28-32(8-5-10-36(28)31-7-4-9-35(18-31)50-16-6-13-45-15-12-34(47)25-45)27-52-40-20-39(51-26-30-17-29(21-43)22-44-23-30)33(19-37(40)42)24-46-14-3-2-11-38(46)41(48)49/h4-5,7-10,17-20,22-23,34,38,47H,2-3,6,11-16,24-27H2,1H3,(H,48,49)/t34-,38+/m1/s1. The number of aliphatic hydroxyl groups excluding tert-OH is 1. The number of carbonyl (C=O) groups is 1. The number of hydrogen-bond donors (Lipinski definition) is 2. The highest BCUT2D eigenvalue weighted by atomic mass is 35.5. The molecule has 52 heavy (non-hydrogen) atoms. The Labute approximate surface area is 310 Å². The molecule has 0 unspecified atom stereocenters. The SMILES string of the molecule is Cc1c(COc2cc(OCc3cncc(C#N)c3)c(CN3CCCC[C@H]3C(=O)O)cc2Cl)cccc1-c1cccc(OCCCN2CC[C@@H](O)C2)c1. The number of nitriles is 1. The van der Waals surface area contributed by atoms with Gasteiger partial charge in [-0.15, -0.1) is 0 Å². The molecule has 3 heterocycles. The van der Waals surface area contributed by atoms with E-state index in [0.717, 1.165) is 84.4 Å². The van der Waals surface area contributed by atoms with E-state index < -0.39 is 12.0 Å². The predicted molar refractivity (Wildman–Crippen MR) is 199 cm³/mol. The van der Waals surface area contributed by atoms with Gasteiger partial charge in [-0.3, -0.25) is 14.7 Å². The number of halogens is 1. The summed E-state index contributed by atoms with van der Waals surface area (Å²) in [4.78, 5) is 20.4. The Hall–Kier alpha value is -4.66. The Morgan fingerprint density at radius 3 is 2.63 bits per heavy atom. The van der Waals surface area contributed by atoms with E-state index in [-0.39, 0.29) is 19.3 Å². The van der Waals surface area contributed by atoms with Gasteiger partial charge < -0.3 is 29.3 Å². The highest BCUT2D eigenvalue weighted by molar-refractivity contribution is 6.32. The smallest absolute Gasteiger partial charge is 0.320 e. The zero-order chi connectivity index (χ0) is 36.5. The second kappa shape index (κ2) is 17.7. The van der Waals surface area contributed by atoms with Crippen LogP contribution in [0.25, 0.3) is 11.1 Å². The molecule has 0 aliphatic carbocycles. The van der Waals surface area contributed by atoms with Gasteiger partial charge in [0, 0.05) is 55.8 Å². The molecule has 0 saturated carbocycles. The van der Waals surface area contributed by atoms with Crippen molar-refractivity contribution in [3.63, 3.8) is 0 Å². The number of aromatic nitrogens is 1. The minimum absolute atomic E-state index is 0.158. The Kier molecular flexibility index (Phi) is 12.6. The van der Waals surface area contributed by atoms with Gasteiger partial charge in [0.25, 0.3) is 0 Å². The Balaban J connectivity index is 1.16. The Morgan fingerprint density at radius 2 is 1.83 bits per heavy atom. The van der Waals surface area contributed by atoms with Crippen molar-refractivity contribution in [2.24, 2.45) is 0 Å². The summed E-state index contributed by atoms with van der Waals surface area (Å²) in [5.41, 5.74) is 6.11. The maximum absolute atomic E-state index is 12.0. The third-order valence-electron chi connectivity index (χ3n) is 9.81. The largest absolute Gasteiger partial charge is 0.494 e. The number of pyridine rings is 1. The quantitative estimate of drug-likeness (QED) is 0.124. The third kappa shape index (κ3) is 9.60. The minimum Gasteiger partial charge on any atom is -0.494 e. The lowest BCUT2D eigenvalue weighted by Gasteiger charge is -2.33. The number of carboxylic acid groups (broad SMARTS) is 1. The molecule has 1 aromatic heterocycles. The zero-order valence-corrected chi connectivity index (χ0v) is 30.2. The van der Waals surface area contributed by atoms with Crippen molar-refractivity contribution in [2.45, 2.75) is 70.9 Å². The molecule has 0 amide bonds. The van der Waals surface area contributed by atoms with Crippen molar-refractivity contribution >= 4 is 17.6 Å². The molecule has 3 aromatic carbocycles. The van der Waals surface area contributed by atoms with Crippen LogP contribution in [-0.4, -0.2) is 75.9 Å². The third-order valence-corrected chi connectivity index (χ3v) is 10.1. The highest BCUT2D eigenvalue weighted by Gasteiger charge is 2.29. The predicted octanol–water partition coefficient (Wildman–Crippen LogP) is 7.01. The summed E-state index contributed by atoms with van der Waals surface area (Å²) in [7, 11) is 0. The fourth-order valence-electron chi connectivity index (χ4n) is 6.97. The number of benzene rings is 3. The van der Waals surface area contributed by atoms with Crippen LogP contribution in [0.4, 0.5) is 0 Å². The van der Waals surface area contributed by atoms with Crippen LogP contribution < -0.4 is 14.2 Å². The number of β-amino-alcohol motifs (C(OH)–C–C–N with tert-alkyl or cyclic N) is 1. The molecule has 0 radical (unpaired) electrons. The van der Waals surface area contributed by atoms with Crippen LogP contribution in [0.5, 0.6) is 17.2 Å². The van der Waals surface area contributed by atoms with Crippen molar-refractivity contribution in [3.8, 4) is 34.4 Å². The average Bonchev–Trinajstić information content (AvgIpc) is 3.58. The van der Waals surface area contributed by atoms with E-state index in [4.69, 9.17) is 25.8 Å². The highest BCUT2D eigenvalue weighted by Crippen LogP contribution is 2.36. The second-order valence-electron chi connectivity index (χ2n) is 13.5. The van der Waals surface area contributed by atoms with Crippen molar-refractivity contribution in [2.75, 3.05) is 32.8 Å². The number of aliphatic hydroxyl groups is 1. The first-order chi connectivity index (χ1) is 25.3. The number of hydrogen-bond acceptors (Lipinski definition) is 9. The Bertz CT molecular complexity index is 1900. The first-order valence-corrected chi connectivity index (χ1v) is 18.3. The summed E-state index contributed by atoms with van der Waals surface area (Å²) in [5, 5.41) is 29.4. The topological polar surface area (TPSA) is 128 Å². The van der Waals surface area contributed by atoms with E-state index in [0.29, 0.717) is 48.2 Å². The normalized spacial score (nSPS) is 17.8. The summed E-state index contributed by atoms with van der Waals surface area (Å²) < 4.78 is 18.7. The molecule has 2 aliphatic heterocycles. The van der Waals surface area contributed by atoms with E-state index in [1.165, 1.54) is 6.20 Å². The second-order valence-corrected chi connectivity index (χ2v) is 14.0. The molecule has 11 heteroatoms. The fraction of sp³-hybridized carbons (Fsp3) is 0.390. The molecule has 2 aliphatic rings. The lowest BCUT2D eigenvalue weighted by atomic mass is 9.96. The lowest BCUT2D eigenvalue weighted by Crippen LogP contribution is -2.44. The van der Waals surface area contributed by atoms with Gasteiger partial charge in [-0.25, -0.2) is 0 Å². The fourth-order valence-corrected chi connectivity index (χ4v) is 7.21. The van der Waals surface area contributed by atoms with Gasteiger partial charge in [0.05, 0.1) is 23.3 Å². The first kappa shape index (κ1) is 37.1. The number of piperidine rings is 1. The van der Waals surface area contributed by atoms with Crippen molar-refractivity contribution in [1.82, 2.24) is 14.8 Å². The molecular weight excluding hydrogens is 680 g/mol. The number of rotatable bonds is 15. The van der Waals surface area contributed by atoms with Crippen LogP contribution in [0.2, 0.25) is 5.02 Å². The minimum atomic E-state index is -0.834. The van der Waals surface area contributed by atoms with Gasteiger partial charge in [-0.2, -0.15) is 5.26 Å². The molecule has 2 saturated heterocycles. The van der Waals surface area contributed by atoms with Crippen LogP contribution in [0.15, 0.2) is 73.1 Å². The van der Waals surface area contributed by atoms with Crippen LogP contribution in [-0.2, 0) is 24.6 Å². The molecule has 0 spiro atoms. The monoisotopic (exact) mass is 724 g/mol. The number of likely N-dealkylation sites (tertiary alicyclic amines) is 2. The van der Waals surface area contributed by atoms with E-state index in [1.807, 2.05) is 29.2 Å². The molecule has 0 bridgehead atoms. The number of nitrogens with zero attached hydrogens (tertiary/aromatic N) is 4. The van der Waals surface area contributed by atoms with Gasteiger partial charge in [0.2, 0.25) is 0 Å². The van der Waals surface area contributed by atoms with Crippen molar-refractivity contribution < 1.29 is 29.2 Å². The van der Waals surface area contributed by atoms with Gasteiger partial charge in [-0.05, 0) is 85.7 Å². The zero-order valence-electron chi connectivity index (χ0n) is 29.5. The van der Waals surface area contributed by atoms with Crippen molar-refractivity contribution in [3.05, 3.63) is 106 Å². The summed E-state index contributed by atoms with van der Waals surface area (Å²) in [5.74, 6) is 0.950. The summed E-state index contributed by atoms with van der Waals surface area (Å²) in [6.45, 7) is 6.72. The number of aliphatic carboxylic acids is 1. The lowest BCUT2D eigenvalue weighted by molar-refractivity contribution is -0.144. The van der Waals surface area contributed by atoms with E-state index in [2.05, 4.69) is 41.1 Å². The van der Waals surface area contributed by atoms with Crippen LogP contribution in [0.3, 0.4) is 0 Å². The van der Waals surface area contributed by atoms with Gasteiger partial charge >= 0.3 is 5.97 Å². The van der Waals surface area contributed by atoms with E-state index >= 15 is 0 Å². The molecular formula is C41H45ClN4O6. The van der Waals surface area contributed by atoms with Gasteiger partial charge in [0.1, 0.15) is 42.6 Å². The number of ether oxygens (including phenoxy) is 3. The first-order valence-electron chi connectivity index (χ1n) is 17.9. The van der Waals surface area contributed by atoms with Gasteiger partial charge in [-0.1, -0.05) is 48.4 Å². The van der Waals surface area contributed by atoms with Crippen LogP contribution in [0, 0.1) is 18.3 Å². The molecule has 4 aromatic rings. The molecule has 2 atom stereocenters. The van der Waals surface area contributed by atoms with E-state index in [9.17, 15) is 20.3 Å². The summed E-state index contributed by atoms with van der Waals surface area (Å²) in [6.07, 6.45) is 7.06. The number of carboxylic acids is 1. The molecule has 2 fully saturated rings. The maximum atomic E-state index is 12.0. The molecule has 2 N–H and O–H groups in total. The molecule has 10 nitrogen and oxygen atoms in total. The summed E-state index contributed by atoms with van der Waals surface area (Å²) >= 11 is 6.83. The Morgan fingerprint density at radius 1 is 0.981 bits per heavy atom. The molecule has 272 valence electrons.